The summed E-state index contributed by atoms with van der Waals surface area (Å²) < 4.78 is 27.4. The summed E-state index contributed by atoms with van der Waals surface area (Å²) in [5, 5.41) is 9.83. The molecular formula is C16H21F2NO. The van der Waals surface area contributed by atoms with Crippen LogP contribution in [0.2, 0.25) is 0 Å². The maximum absolute atomic E-state index is 14.0. The molecule has 3 atom stereocenters. The normalized spacial score (nSPS) is 31.6. The Kier molecular flexibility index (Phi) is 4.03. The summed E-state index contributed by atoms with van der Waals surface area (Å²) in [4.78, 5) is 2.28. The number of hydrogen-bond donors (Lipinski definition) is 1. The van der Waals surface area contributed by atoms with Gasteiger partial charge in [-0.1, -0.05) is 0 Å². The molecule has 1 saturated heterocycles. The number of halogens is 2. The first-order chi connectivity index (χ1) is 9.65. The molecule has 110 valence electrons. The molecule has 0 amide bonds. The number of rotatable bonds is 2. The van der Waals surface area contributed by atoms with E-state index in [1.165, 1.54) is 18.2 Å². The zero-order valence-electron chi connectivity index (χ0n) is 11.6. The van der Waals surface area contributed by atoms with Crippen LogP contribution in [0.3, 0.4) is 0 Å². The van der Waals surface area contributed by atoms with Crippen molar-refractivity contribution in [3.63, 3.8) is 0 Å². The molecule has 1 aromatic rings. The summed E-state index contributed by atoms with van der Waals surface area (Å²) in [5.41, 5.74) is 0.475. The average Bonchev–Trinajstić information content (AvgIpc) is 2.90. The lowest BCUT2D eigenvalue weighted by Gasteiger charge is -2.37. The molecule has 2 nitrogen and oxygen atoms in total. The van der Waals surface area contributed by atoms with Crippen molar-refractivity contribution in [2.24, 2.45) is 0 Å². The highest BCUT2D eigenvalue weighted by Gasteiger charge is 2.35. The maximum Gasteiger partial charge on any atom is 0.128 e. The van der Waals surface area contributed by atoms with E-state index in [9.17, 15) is 13.9 Å². The summed E-state index contributed by atoms with van der Waals surface area (Å²) in [7, 11) is 0. The van der Waals surface area contributed by atoms with Crippen LogP contribution in [0.15, 0.2) is 18.2 Å². The first-order valence-corrected chi connectivity index (χ1v) is 7.54. The Hall–Kier alpha value is -1.00. The second-order valence-corrected chi connectivity index (χ2v) is 6.04. The minimum Gasteiger partial charge on any atom is -0.393 e. The third-order valence-corrected chi connectivity index (χ3v) is 4.70. The van der Waals surface area contributed by atoms with Gasteiger partial charge in [0, 0.05) is 17.6 Å². The van der Waals surface area contributed by atoms with Gasteiger partial charge >= 0.3 is 0 Å². The van der Waals surface area contributed by atoms with Gasteiger partial charge in [0.15, 0.2) is 0 Å². The Balaban J connectivity index is 1.83. The van der Waals surface area contributed by atoms with Crippen LogP contribution in [0.1, 0.15) is 50.1 Å². The molecule has 3 rings (SSSR count). The highest BCUT2D eigenvalue weighted by Crippen LogP contribution is 2.38. The fourth-order valence-electron chi connectivity index (χ4n) is 3.77. The van der Waals surface area contributed by atoms with Crippen molar-refractivity contribution in [2.45, 2.75) is 56.7 Å². The molecule has 1 heterocycles. The van der Waals surface area contributed by atoms with Crippen molar-refractivity contribution in [3.8, 4) is 0 Å². The van der Waals surface area contributed by atoms with Gasteiger partial charge in [0.05, 0.1) is 6.10 Å². The Labute approximate surface area is 118 Å². The van der Waals surface area contributed by atoms with Gasteiger partial charge in [-0.2, -0.15) is 0 Å². The molecule has 2 fully saturated rings. The van der Waals surface area contributed by atoms with Crippen LogP contribution in [0, 0.1) is 11.6 Å². The fourth-order valence-corrected chi connectivity index (χ4v) is 3.77. The quantitative estimate of drug-likeness (QED) is 0.898. The van der Waals surface area contributed by atoms with E-state index in [-0.39, 0.29) is 23.8 Å². The van der Waals surface area contributed by atoms with E-state index in [2.05, 4.69) is 4.90 Å². The predicted molar refractivity (Wildman–Crippen MR) is 73.3 cm³/mol. The molecule has 4 heteroatoms. The lowest BCUT2D eigenvalue weighted by atomic mass is 9.90. The zero-order chi connectivity index (χ0) is 14.1. The number of aliphatic hydroxyl groups excluding tert-OH is 1. The smallest absolute Gasteiger partial charge is 0.128 e. The van der Waals surface area contributed by atoms with Gasteiger partial charge in [-0.25, -0.2) is 8.78 Å². The van der Waals surface area contributed by atoms with E-state index < -0.39 is 0 Å². The lowest BCUT2D eigenvalue weighted by Crippen LogP contribution is -2.40. The highest BCUT2D eigenvalue weighted by atomic mass is 19.1. The van der Waals surface area contributed by atoms with Gasteiger partial charge in [0.2, 0.25) is 0 Å². The van der Waals surface area contributed by atoms with E-state index >= 15 is 0 Å². The van der Waals surface area contributed by atoms with Gasteiger partial charge in [0.1, 0.15) is 11.6 Å². The lowest BCUT2D eigenvalue weighted by molar-refractivity contribution is 0.0550. The Morgan fingerprint density at radius 2 is 1.95 bits per heavy atom. The fraction of sp³-hybridized carbons (Fsp3) is 0.625. The van der Waals surface area contributed by atoms with Crippen molar-refractivity contribution < 1.29 is 13.9 Å². The molecule has 1 aromatic carbocycles. The van der Waals surface area contributed by atoms with E-state index in [4.69, 9.17) is 0 Å². The van der Waals surface area contributed by atoms with E-state index in [0.717, 1.165) is 45.1 Å². The second kappa shape index (κ2) is 5.78. The Morgan fingerprint density at radius 3 is 2.75 bits per heavy atom. The van der Waals surface area contributed by atoms with Gasteiger partial charge in [-0.3, -0.25) is 4.90 Å². The van der Waals surface area contributed by atoms with Crippen LogP contribution in [0.4, 0.5) is 8.78 Å². The molecule has 1 saturated carbocycles. The summed E-state index contributed by atoms with van der Waals surface area (Å²) in [6.07, 6.45) is 5.31. The maximum atomic E-state index is 14.0. The van der Waals surface area contributed by atoms with Crippen molar-refractivity contribution in [1.82, 2.24) is 4.90 Å². The van der Waals surface area contributed by atoms with Crippen LogP contribution in [-0.4, -0.2) is 28.7 Å². The van der Waals surface area contributed by atoms with Crippen molar-refractivity contribution in [3.05, 3.63) is 35.4 Å². The second-order valence-electron chi connectivity index (χ2n) is 6.04. The third-order valence-electron chi connectivity index (χ3n) is 4.70. The molecule has 2 unspecified atom stereocenters. The number of nitrogens with zero attached hydrogens (tertiary/aromatic N) is 1. The van der Waals surface area contributed by atoms with Crippen molar-refractivity contribution in [2.75, 3.05) is 6.54 Å². The van der Waals surface area contributed by atoms with Gasteiger partial charge in [-0.15, -0.1) is 0 Å². The number of hydrogen-bond acceptors (Lipinski definition) is 2. The van der Waals surface area contributed by atoms with Crippen LogP contribution >= 0.6 is 0 Å². The van der Waals surface area contributed by atoms with Crippen LogP contribution in [0.5, 0.6) is 0 Å². The summed E-state index contributed by atoms with van der Waals surface area (Å²) >= 11 is 0. The molecule has 0 bridgehead atoms. The zero-order valence-corrected chi connectivity index (χ0v) is 11.6. The van der Waals surface area contributed by atoms with Gasteiger partial charge in [0.25, 0.3) is 0 Å². The topological polar surface area (TPSA) is 23.5 Å². The first-order valence-electron chi connectivity index (χ1n) is 7.54. The summed E-state index contributed by atoms with van der Waals surface area (Å²) in [5.74, 6) is -0.698. The summed E-state index contributed by atoms with van der Waals surface area (Å²) in [6, 6.07) is 3.98. The predicted octanol–water partition coefficient (Wildman–Crippen LogP) is 3.41. The first kappa shape index (κ1) is 14.0. The Bertz CT molecular complexity index is 480. The molecule has 0 aromatic heterocycles. The van der Waals surface area contributed by atoms with Crippen molar-refractivity contribution >= 4 is 0 Å². The highest BCUT2D eigenvalue weighted by molar-refractivity contribution is 5.23. The molecule has 20 heavy (non-hydrogen) atoms. The third kappa shape index (κ3) is 2.72. The molecule has 0 radical (unpaired) electrons. The average molecular weight is 281 g/mol. The molecule has 0 spiro atoms. The molecule has 1 aliphatic carbocycles. The Morgan fingerprint density at radius 1 is 1.10 bits per heavy atom. The van der Waals surface area contributed by atoms with Crippen molar-refractivity contribution in [1.29, 1.82) is 0 Å². The molecular weight excluding hydrogens is 260 g/mol. The molecule has 1 aliphatic heterocycles. The van der Waals surface area contributed by atoms with E-state index in [1.54, 1.807) is 0 Å². The van der Waals surface area contributed by atoms with Crippen LogP contribution in [0.25, 0.3) is 0 Å². The number of likely N-dealkylation sites (tertiary alicyclic amines) is 1. The molecule has 1 N–H and O–H groups in total. The van der Waals surface area contributed by atoms with Crippen LogP contribution in [-0.2, 0) is 0 Å². The minimum absolute atomic E-state index is 0.0407. The minimum atomic E-state index is -0.378. The number of aliphatic hydroxyl groups is 1. The van der Waals surface area contributed by atoms with E-state index in [1.807, 2.05) is 0 Å². The largest absolute Gasteiger partial charge is 0.393 e. The summed E-state index contributed by atoms with van der Waals surface area (Å²) in [6.45, 7) is 0.915. The monoisotopic (exact) mass is 281 g/mol. The van der Waals surface area contributed by atoms with Gasteiger partial charge in [-0.05, 0) is 63.3 Å². The standard InChI is InChI=1S/C16H21F2NO/c17-11-6-7-15(18)14(9-11)16-5-2-8-19(16)12-3-1-4-13(20)10-12/h6-7,9,12-13,16,20H,1-5,8,10H2/t12?,13?,16-/m1/s1. The van der Waals surface area contributed by atoms with Gasteiger partial charge < -0.3 is 5.11 Å². The van der Waals surface area contributed by atoms with Crippen LogP contribution < -0.4 is 0 Å². The van der Waals surface area contributed by atoms with E-state index in [0.29, 0.717) is 11.6 Å². The number of benzene rings is 1. The SMILES string of the molecule is OC1CCCC(N2CCC[C@@H]2c2cc(F)ccc2F)C1. The molecule has 2 aliphatic rings.